The molecule has 3 rings (SSSR count). The van der Waals surface area contributed by atoms with Crippen molar-refractivity contribution in [3.05, 3.63) is 35.9 Å². The van der Waals surface area contributed by atoms with E-state index in [9.17, 15) is 4.79 Å². The van der Waals surface area contributed by atoms with Gasteiger partial charge in [0.05, 0.1) is 27.7 Å². The van der Waals surface area contributed by atoms with Gasteiger partial charge in [0.15, 0.2) is 0 Å². The fourth-order valence-corrected chi connectivity index (χ4v) is 4.37. The number of rotatable bonds is 3. The van der Waals surface area contributed by atoms with Crippen molar-refractivity contribution in [3.8, 4) is 0 Å². The lowest BCUT2D eigenvalue weighted by molar-refractivity contribution is -0.872. The monoisotopic (exact) mass is 302 g/mol. The Morgan fingerprint density at radius 1 is 1.09 bits per heavy atom. The van der Waals surface area contributed by atoms with Crippen LogP contribution in [0.3, 0.4) is 0 Å². The summed E-state index contributed by atoms with van der Waals surface area (Å²) in [4.78, 5) is 12.7. The Labute approximate surface area is 133 Å². The molecule has 1 heterocycles. The third-order valence-corrected chi connectivity index (χ3v) is 5.18. The molecule has 1 aromatic rings. The third-order valence-electron chi connectivity index (χ3n) is 5.18. The summed E-state index contributed by atoms with van der Waals surface area (Å²) < 4.78 is 6.86. The Bertz CT molecular complexity index is 526. The third kappa shape index (κ3) is 2.91. The van der Waals surface area contributed by atoms with Gasteiger partial charge in [-0.05, 0) is 31.2 Å². The number of esters is 1. The molecular formula is C19H28NO2+. The van der Waals surface area contributed by atoms with Gasteiger partial charge in [-0.1, -0.05) is 36.8 Å². The largest absolute Gasteiger partial charge is 0.458 e. The normalized spacial score (nSPS) is 27.9. The molecular weight excluding hydrogens is 274 g/mol. The number of carbonyl (C=O) groups is 1. The summed E-state index contributed by atoms with van der Waals surface area (Å²) in [6, 6.07) is 10.6. The molecule has 2 atom stereocenters. The minimum atomic E-state index is -0.253. The lowest BCUT2D eigenvalue weighted by atomic mass is 9.69. The number of carbonyl (C=O) groups excluding carboxylic acids is 1. The summed E-state index contributed by atoms with van der Waals surface area (Å²) in [5.41, 5.74) is 1.02. The van der Waals surface area contributed by atoms with Gasteiger partial charge in [-0.25, -0.2) is 0 Å². The highest BCUT2D eigenvalue weighted by atomic mass is 16.6. The van der Waals surface area contributed by atoms with Crippen molar-refractivity contribution in [1.29, 1.82) is 0 Å². The van der Waals surface area contributed by atoms with Crippen LogP contribution in [-0.2, 0) is 9.53 Å². The van der Waals surface area contributed by atoms with Crippen molar-refractivity contribution in [2.45, 2.75) is 43.6 Å². The average Bonchev–Trinajstić information content (AvgIpc) is 2.71. The molecule has 1 saturated heterocycles. The van der Waals surface area contributed by atoms with Crippen LogP contribution in [0, 0.1) is 5.92 Å². The molecule has 0 amide bonds. The van der Waals surface area contributed by atoms with Crippen LogP contribution in [0.4, 0.5) is 0 Å². The van der Waals surface area contributed by atoms with Crippen molar-refractivity contribution in [2.24, 2.45) is 5.92 Å². The van der Waals surface area contributed by atoms with Crippen LogP contribution in [-0.4, -0.2) is 43.7 Å². The number of ether oxygens (including phenoxy) is 1. The standard InChI is InChI=1S/C19H28NO2/c1-20(2,3)14-16-17(15-10-6-4-7-11-15)19(22-18(16)21)12-8-5-9-13-19/h4,6-7,10-11,16-17H,5,8-9,12-14H2,1-3H3/q+1. The highest BCUT2D eigenvalue weighted by molar-refractivity contribution is 5.78. The molecule has 1 aliphatic heterocycles. The van der Waals surface area contributed by atoms with Gasteiger partial charge < -0.3 is 9.22 Å². The van der Waals surface area contributed by atoms with Gasteiger partial charge in [0.25, 0.3) is 0 Å². The summed E-state index contributed by atoms with van der Waals surface area (Å²) in [6.45, 7) is 0.833. The van der Waals surface area contributed by atoms with Gasteiger partial charge in [0.1, 0.15) is 11.5 Å². The van der Waals surface area contributed by atoms with E-state index in [1.54, 1.807) is 0 Å². The molecule has 1 aromatic carbocycles. The second-order valence-electron chi connectivity index (χ2n) is 8.01. The Hall–Kier alpha value is -1.35. The topological polar surface area (TPSA) is 26.3 Å². The fourth-order valence-electron chi connectivity index (χ4n) is 4.37. The van der Waals surface area contributed by atoms with Crippen molar-refractivity contribution in [3.63, 3.8) is 0 Å². The van der Waals surface area contributed by atoms with Crippen LogP contribution >= 0.6 is 0 Å². The van der Waals surface area contributed by atoms with E-state index in [0.717, 1.165) is 23.9 Å². The summed E-state index contributed by atoms with van der Waals surface area (Å²) >= 11 is 0. The first-order valence-electron chi connectivity index (χ1n) is 8.50. The Morgan fingerprint density at radius 3 is 2.32 bits per heavy atom. The van der Waals surface area contributed by atoms with Gasteiger partial charge in [0.2, 0.25) is 0 Å². The first-order chi connectivity index (χ1) is 10.4. The zero-order chi connectivity index (χ0) is 15.8. The van der Waals surface area contributed by atoms with Crippen molar-refractivity contribution >= 4 is 5.97 Å². The van der Waals surface area contributed by atoms with E-state index in [1.165, 1.54) is 24.8 Å². The van der Waals surface area contributed by atoms with Crippen LogP contribution in [0.2, 0.25) is 0 Å². The molecule has 2 aliphatic rings. The summed E-state index contributed by atoms with van der Waals surface area (Å²) in [5, 5.41) is 0. The summed E-state index contributed by atoms with van der Waals surface area (Å²) in [5.74, 6) is 0.197. The van der Waals surface area contributed by atoms with Gasteiger partial charge in [-0.3, -0.25) is 4.79 Å². The predicted octanol–water partition coefficient (Wildman–Crippen LogP) is 3.35. The van der Waals surface area contributed by atoms with E-state index in [-0.39, 0.29) is 23.4 Å². The zero-order valence-corrected chi connectivity index (χ0v) is 14.0. The lowest BCUT2D eigenvalue weighted by Crippen LogP contribution is -2.44. The maximum Gasteiger partial charge on any atom is 0.316 e. The number of benzene rings is 1. The molecule has 120 valence electrons. The molecule has 1 spiro atoms. The van der Waals surface area contributed by atoms with E-state index < -0.39 is 0 Å². The molecule has 22 heavy (non-hydrogen) atoms. The predicted molar refractivity (Wildman–Crippen MR) is 87.5 cm³/mol. The minimum absolute atomic E-state index is 0.0174. The van der Waals surface area contributed by atoms with E-state index in [2.05, 4.69) is 45.4 Å². The first-order valence-corrected chi connectivity index (χ1v) is 8.50. The zero-order valence-electron chi connectivity index (χ0n) is 14.0. The van der Waals surface area contributed by atoms with Crippen LogP contribution in [0.5, 0.6) is 0 Å². The second-order valence-corrected chi connectivity index (χ2v) is 8.01. The van der Waals surface area contributed by atoms with Gasteiger partial charge in [-0.15, -0.1) is 0 Å². The van der Waals surface area contributed by atoms with Gasteiger partial charge in [0, 0.05) is 5.92 Å². The molecule has 1 saturated carbocycles. The van der Waals surface area contributed by atoms with Crippen LogP contribution < -0.4 is 0 Å². The Morgan fingerprint density at radius 2 is 1.73 bits per heavy atom. The number of hydrogen-bond donors (Lipinski definition) is 0. The SMILES string of the molecule is C[N+](C)(C)CC1C(=O)OC2(CCCCC2)C1c1ccccc1. The smallest absolute Gasteiger partial charge is 0.316 e. The van der Waals surface area contributed by atoms with Gasteiger partial charge in [-0.2, -0.15) is 0 Å². The molecule has 0 radical (unpaired) electrons. The maximum atomic E-state index is 12.7. The van der Waals surface area contributed by atoms with Crippen LogP contribution in [0.15, 0.2) is 30.3 Å². The highest BCUT2D eigenvalue weighted by Gasteiger charge is 2.57. The first kappa shape index (κ1) is 15.5. The molecule has 3 heteroatoms. The molecule has 1 aliphatic carbocycles. The summed E-state index contributed by atoms with van der Waals surface area (Å²) in [6.07, 6.45) is 5.65. The van der Waals surface area contributed by atoms with Crippen molar-refractivity contribution in [2.75, 3.05) is 27.7 Å². The number of nitrogens with zero attached hydrogens (tertiary/aromatic N) is 1. The highest BCUT2D eigenvalue weighted by Crippen LogP contribution is 2.52. The average molecular weight is 302 g/mol. The Balaban J connectivity index is 2.00. The van der Waals surface area contributed by atoms with E-state index in [1.807, 2.05) is 6.07 Å². The van der Waals surface area contributed by atoms with E-state index >= 15 is 0 Å². The quantitative estimate of drug-likeness (QED) is 0.632. The Kier molecular flexibility index (Phi) is 4.02. The van der Waals surface area contributed by atoms with Crippen LogP contribution in [0.1, 0.15) is 43.6 Å². The van der Waals surface area contributed by atoms with Crippen molar-refractivity contribution in [1.82, 2.24) is 0 Å². The van der Waals surface area contributed by atoms with E-state index in [0.29, 0.717) is 0 Å². The molecule has 2 fully saturated rings. The lowest BCUT2D eigenvalue weighted by Gasteiger charge is -2.38. The fraction of sp³-hybridized carbons (Fsp3) is 0.632. The minimum Gasteiger partial charge on any atom is -0.458 e. The number of quaternary nitrogens is 1. The summed E-state index contributed by atoms with van der Waals surface area (Å²) in [7, 11) is 6.46. The molecule has 0 bridgehead atoms. The molecule has 3 nitrogen and oxygen atoms in total. The van der Waals surface area contributed by atoms with Crippen LogP contribution in [0.25, 0.3) is 0 Å². The van der Waals surface area contributed by atoms with Crippen molar-refractivity contribution < 1.29 is 14.0 Å². The maximum absolute atomic E-state index is 12.7. The molecule has 0 N–H and O–H groups in total. The molecule has 2 unspecified atom stereocenters. The number of hydrogen-bond acceptors (Lipinski definition) is 2. The van der Waals surface area contributed by atoms with Gasteiger partial charge >= 0.3 is 5.97 Å². The van der Waals surface area contributed by atoms with E-state index in [4.69, 9.17) is 4.74 Å². The second kappa shape index (κ2) is 5.69. The molecule has 0 aromatic heterocycles.